The fourth-order valence-electron chi connectivity index (χ4n) is 2.85. The van der Waals surface area contributed by atoms with E-state index in [1.807, 2.05) is 17.2 Å². The van der Waals surface area contributed by atoms with Crippen LogP contribution >= 0.6 is 5.81 Å². The Labute approximate surface area is 146 Å². The van der Waals surface area contributed by atoms with Gasteiger partial charge in [-0.2, -0.15) is 0 Å². The molecule has 5 heteroatoms. The van der Waals surface area contributed by atoms with Crippen LogP contribution < -0.4 is 5.08 Å². The fourth-order valence-corrected chi connectivity index (χ4v) is 16.4. The van der Waals surface area contributed by atoms with Crippen LogP contribution in [0.1, 0.15) is 20.8 Å². The zero-order chi connectivity index (χ0) is 17.5. The van der Waals surface area contributed by atoms with E-state index in [0.29, 0.717) is 0 Å². The van der Waals surface area contributed by atoms with Crippen molar-refractivity contribution in [2.75, 3.05) is 0 Å². The molecule has 0 amide bonds. The first-order valence-corrected chi connectivity index (χ1v) is 15.2. The van der Waals surface area contributed by atoms with Gasteiger partial charge in [-0.15, -0.1) is 0 Å². The second kappa shape index (κ2) is 6.51. The van der Waals surface area contributed by atoms with Gasteiger partial charge in [0.25, 0.3) is 0 Å². The number of hydrogen-bond donors (Lipinski definition) is 1. The SMILES string of the molecule is [2H]N(C1C=CC=C1)P(=[Se])(N(C1C=CC=C1)[Si](C)(C)C)C(C)(C)C. The maximum absolute atomic E-state index is 9.03. The summed E-state index contributed by atoms with van der Waals surface area (Å²) in [5, 5.41) is 1.86. The van der Waals surface area contributed by atoms with E-state index in [1.165, 1.54) is 0 Å². The van der Waals surface area contributed by atoms with E-state index in [2.05, 4.69) is 96.3 Å². The van der Waals surface area contributed by atoms with Crippen molar-refractivity contribution in [3.05, 3.63) is 48.6 Å². The van der Waals surface area contributed by atoms with Gasteiger partial charge in [-0.05, 0) is 0 Å². The van der Waals surface area contributed by atoms with Crippen LogP contribution in [0.2, 0.25) is 21.1 Å². The van der Waals surface area contributed by atoms with Crippen LogP contribution in [0.25, 0.3) is 0 Å². The van der Waals surface area contributed by atoms with E-state index in [1.54, 1.807) is 0 Å². The molecule has 1 N–H and O–H groups in total. The average molecular weight is 400 g/mol. The van der Waals surface area contributed by atoms with Crippen LogP contribution in [0.3, 0.4) is 0 Å². The minimum absolute atomic E-state index is 0.0103. The standard InChI is InChI=1S/C17H29N2PSeSi/c1-17(2,3)20(21,18-15-11-7-8-12-15)19(22(4,5)6)16-13-9-10-14-16/h7-16H,1-6H3,(H,18,21)/i/hD. The summed E-state index contributed by atoms with van der Waals surface area (Å²) in [5.74, 6) is -2.01. The third kappa shape index (κ3) is 3.75. The Bertz CT molecular complexity index is 589. The summed E-state index contributed by atoms with van der Waals surface area (Å²) >= 11 is 3.57. The van der Waals surface area contributed by atoms with Crippen molar-refractivity contribution in [1.29, 1.82) is 0 Å². The van der Waals surface area contributed by atoms with Crippen LogP contribution in [-0.4, -0.2) is 44.9 Å². The minimum atomic E-state index is -2.01. The Morgan fingerprint density at radius 2 is 1.50 bits per heavy atom. The summed E-state index contributed by atoms with van der Waals surface area (Å²) in [6, 6.07) is 0.342. The molecule has 1 atom stereocenters. The molecule has 2 aliphatic rings. The van der Waals surface area contributed by atoms with E-state index in [0.717, 1.165) is 0 Å². The van der Waals surface area contributed by atoms with Gasteiger partial charge in [0.2, 0.25) is 0 Å². The van der Waals surface area contributed by atoms with Gasteiger partial charge in [0.1, 0.15) is 0 Å². The molecule has 0 fully saturated rings. The number of hydrogen-bond acceptors (Lipinski definition) is 2. The summed E-state index contributed by atoms with van der Waals surface area (Å²) in [7, 11) is -1.67. The summed E-state index contributed by atoms with van der Waals surface area (Å²) in [6.07, 6.45) is 17.1. The van der Waals surface area contributed by atoms with Gasteiger partial charge in [-0.1, -0.05) is 0 Å². The molecule has 0 aromatic carbocycles. The predicted octanol–water partition coefficient (Wildman–Crippen LogP) is 4.43. The van der Waals surface area contributed by atoms with Gasteiger partial charge in [-0.25, -0.2) is 0 Å². The quantitative estimate of drug-likeness (QED) is 0.543. The molecule has 0 aromatic rings. The molecule has 0 saturated heterocycles. The third-order valence-corrected chi connectivity index (χ3v) is 17.5. The molecule has 2 aliphatic carbocycles. The molecule has 0 heterocycles. The van der Waals surface area contributed by atoms with Crippen LogP contribution in [0.5, 0.6) is 0 Å². The first-order valence-electron chi connectivity index (χ1n) is 8.33. The summed E-state index contributed by atoms with van der Waals surface area (Å²) in [5.41, 5.74) is 0. The predicted molar refractivity (Wildman–Crippen MR) is 105 cm³/mol. The molecule has 0 spiro atoms. The molecule has 122 valence electrons. The van der Waals surface area contributed by atoms with E-state index in [9.17, 15) is 0 Å². The molecule has 22 heavy (non-hydrogen) atoms. The van der Waals surface area contributed by atoms with Gasteiger partial charge in [0.05, 0.1) is 0 Å². The van der Waals surface area contributed by atoms with Crippen molar-refractivity contribution in [3.8, 4) is 0 Å². The summed E-state index contributed by atoms with van der Waals surface area (Å²) < 4.78 is 11.7. The molecule has 1 unspecified atom stereocenters. The number of rotatable bonds is 5. The van der Waals surface area contributed by atoms with Crippen LogP contribution in [0.4, 0.5) is 0 Å². The average Bonchev–Trinajstić information content (AvgIpc) is 3.07. The Morgan fingerprint density at radius 3 is 1.91 bits per heavy atom. The van der Waals surface area contributed by atoms with Crippen molar-refractivity contribution in [3.63, 3.8) is 0 Å². The van der Waals surface area contributed by atoms with Crippen molar-refractivity contribution in [1.82, 2.24) is 9.42 Å². The second-order valence-corrected chi connectivity index (χ2v) is 19.4. The van der Waals surface area contributed by atoms with Gasteiger partial charge in [0, 0.05) is 0 Å². The molecule has 2 nitrogen and oxygen atoms in total. The molecule has 0 saturated carbocycles. The number of nitrogens with zero attached hydrogens (tertiary/aromatic N) is 1. The Balaban J connectivity index is 2.57. The third-order valence-electron chi connectivity index (χ3n) is 3.88. The van der Waals surface area contributed by atoms with Crippen molar-refractivity contribution < 1.29 is 1.41 Å². The van der Waals surface area contributed by atoms with Gasteiger partial charge in [0.15, 0.2) is 0 Å². The summed E-state index contributed by atoms with van der Waals surface area (Å²) in [6.45, 7) is 14.0. The van der Waals surface area contributed by atoms with Crippen LogP contribution in [0.15, 0.2) is 48.6 Å². The number of nitrogens with one attached hydrogen (secondary N) is 1. The zero-order valence-electron chi connectivity index (χ0n) is 15.5. The first kappa shape index (κ1) is 16.9. The first-order chi connectivity index (χ1) is 10.5. The van der Waals surface area contributed by atoms with Crippen LogP contribution in [-0.2, 0) is 0 Å². The molecule has 0 aromatic heterocycles. The van der Waals surface area contributed by atoms with Crippen LogP contribution in [0, 0.1) is 0 Å². The Hall–Kier alpha value is 0.0464. The number of allylic oxidation sites excluding steroid dienone is 4. The summed E-state index contributed by atoms with van der Waals surface area (Å²) in [4.78, 5) is 0. The van der Waals surface area contributed by atoms with Gasteiger partial charge < -0.3 is 0 Å². The zero-order valence-corrected chi connectivity index (χ0v) is 18.1. The molecular formula is C17H29N2PSeSi. The van der Waals surface area contributed by atoms with E-state index >= 15 is 0 Å². The van der Waals surface area contributed by atoms with Gasteiger partial charge >= 0.3 is 146 Å². The molecular weight excluding hydrogens is 370 g/mol. The van der Waals surface area contributed by atoms with E-state index < -0.39 is 14.0 Å². The van der Waals surface area contributed by atoms with E-state index in [4.69, 9.17) is 1.41 Å². The van der Waals surface area contributed by atoms with Crippen molar-refractivity contribution in [2.45, 2.75) is 57.7 Å². The monoisotopic (exact) mass is 401 g/mol. The maximum atomic E-state index is 9.03. The van der Waals surface area contributed by atoms with Crippen molar-refractivity contribution >= 4 is 29.1 Å². The van der Waals surface area contributed by atoms with E-state index in [-0.39, 0.29) is 17.2 Å². The Kier molecular flexibility index (Phi) is 5.00. The fraction of sp³-hybridized carbons (Fsp3) is 0.529. The second-order valence-electron chi connectivity index (χ2n) is 7.87. The molecule has 2 rings (SSSR count). The molecule has 0 radical (unpaired) electrons. The normalized spacial score (nSPS) is 23.0. The van der Waals surface area contributed by atoms with Gasteiger partial charge in [-0.3, -0.25) is 0 Å². The van der Waals surface area contributed by atoms with Crippen molar-refractivity contribution in [2.24, 2.45) is 0 Å². The Morgan fingerprint density at radius 1 is 1.05 bits per heavy atom. The topological polar surface area (TPSA) is 15.3 Å². The molecule has 0 aliphatic heterocycles. The molecule has 0 bridgehead atoms.